The summed E-state index contributed by atoms with van der Waals surface area (Å²) in [6, 6.07) is -0.324. The van der Waals surface area contributed by atoms with Gasteiger partial charge in [0.15, 0.2) is 0 Å². The van der Waals surface area contributed by atoms with Gasteiger partial charge in [-0.25, -0.2) is 8.42 Å². The van der Waals surface area contributed by atoms with Crippen LogP contribution in [0.1, 0.15) is 44.9 Å². The smallest absolute Gasteiger partial charge is 0.308 e. The van der Waals surface area contributed by atoms with Crippen LogP contribution < -0.4 is 0 Å². The van der Waals surface area contributed by atoms with E-state index >= 15 is 0 Å². The van der Waals surface area contributed by atoms with Crippen molar-refractivity contribution in [3.8, 4) is 0 Å². The van der Waals surface area contributed by atoms with Gasteiger partial charge >= 0.3 is 5.97 Å². The fourth-order valence-electron chi connectivity index (χ4n) is 3.10. The molecule has 1 N–H and O–H groups in total. The normalized spacial score (nSPS) is 33.8. The molecular formula is C12H21NO4S. The maximum atomic E-state index is 12.1. The summed E-state index contributed by atoms with van der Waals surface area (Å²) in [7, 11) is -3.24. The van der Waals surface area contributed by atoms with E-state index in [1.165, 1.54) is 4.31 Å². The van der Waals surface area contributed by atoms with Gasteiger partial charge in [0, 0.05) is 12.6 Å². The monoisotopic (exact) mass is 275 g/mol. The van der Waals surface area contributed by atoms with Gasteiger partial charge in [-0.05, 0) is 25.7 Å². The predicted octanol–water partition coefficient (Wildman–Crippen LogP) is 1.45. The lowest BCUT2D eigenvalue weighted by Crippen LogP contribution is -2.49. The summed E-state index contributed by atoms with van der Waals surface area (Å²) in [6.07, 6.45) is 5.67. The Hall–Kier alpha value is -0.620. The highest BCUT2D eigenvalue weighted by Gasteiger charge is 2.40. The van der Waals surface area contributed by atoms with Crippen molar-refractivity contribution in [2.75, 3.05) is 12.3 Å². The topological polar surface area (TPSA) is 74.7 Å². The van der Waals surface area contributed by atoms with Crippen molar-refractivity contribution in [3.05, 3.63) is 0 Å². The molecule has 0 bridgehead atoms. The Labute approximate surface area is 108 Å². The number of carbonyl (C=O) groups is 1. The van der Waals surface area contributed by atoms with E-state index in [0.717, 1.165) is 25.7 Å². The van der Waals surface area contributed by atoms with E-state index < -0.39 is 21.9 Å². The molecule has 0 aromatic carbocycles. The van der Waals surface area contributed by atoms with Crippen molar-refractivity contribution in [3.63, 3.8) is 0 Å². The first-order chi connectivity index (χ1) is 8.52. The molecule has 104 valence electrons. The fraction of sp³-hybridized carbons (Fsp3) is 0.917. The molecule has 5 nitrogen and oxygen atoms in total. The first-order valence-electron chi connectivity index (χ1n) is 6.75. The quantitative estimate of drug-likeness (QED) is 0.774. The zero-order valence-corrected chi connectivity index (χ0v) is 11.4. The summed E-state index contributed by atoms with van der Waals surface area (Å²) in [5.41, 5.74) is 0. The highest BCUT2D eigenvalue weighted by Crippen LogP contribution is 2.31. The van der Waals surface area contributed by atoms with Crippen LogP contribution in [0.2, 0.25) is 0 Å². The summed E-state index contributed by atoms with van der Waals surface area (Å²) in [4.78, 5) is 11.3. The second kappa shape index (κ2) is 5.57. The van der Waals surface area contributed by atoms with Gasteiger partial charge < -0.3 is 5.11 Å². The molecule has 0 radical (unpaired) electrons. The lowest BCUT2D eigenvalue weighted by molar-refractivity contribution is -0.143. The zero-order valence-electron chi connectivity index (χ0n) is 10.5. The third kappa shape index (κ3) is 2.85. The van der Waals surface area contributed by atoms with E-state index in [-0.39, 0.29) is 11.8 Å². The van der Waals surface area contributed by atoms with Crippen LogP contribution in [-0.2, 0) is 14.8 Å². The highest BCUT2D eigenvalue weighted by atomic mass is 32.2. The van der Waals surface area contributed by atoms with Crippen molar-refractivity contribution in [1.29, 1.82) is 0 Å². The maximum absolute atomic E-state index is 12.1. The van der Waals surface area contributed by atoms with Crippen molar-refractivity contribution >= 4 is 16.0 Å². The van der Waals surface area contributed by atoms with Crippen LogP contribution in [0, 0.1) is 5.92 Å². The molecular weight excluding hydrogens is 254 g/mol. The van der Waals surface area contributed by atoms with Gasteiger partial charge in [-0.2, -0.15) is 4.31 Å². The number of carboxylic acid groups (broad SMARTS) is 1. The number of rotatable bonds is 2. The van der Waals surface area contributed by atoms with E-state index in [1.54, 1.807) is 0 Å². The molecule has 2 aliphatic rings. The van der Waals surface area contributed by atoms with Crippen LogP contribution in [-0.4, -0.2) is 42.1 Å². The van der Waals surface area contributed by atoms with E-state index in [0.29, 0.717) is 25.8 Å². The number of aliphatic carboxylic acids is 1. The van der Waals surface area contributed by atoms with Crippen LogP contribution in [0.15, 0.2) is 0 Å². The average Bonchev–Trinajstić information content (AvgIpc) is 2.53. The molecule has 1 heterocycles. The van der Waals surface area contributed by atoms with Gasteiger partial charge in [0.25, 0.3) is 0 Å². The van der Waals surface area contributed by atoms with Gasteiger partial charge in [-0.15, -0.1) is 0 Å². The first-order valence-corrected chi connectivity index (χ1v) is 8.35. The van der Waals surface area contributed by atoms with Crippen molar-refractivity contribution in [1.82, 2.24) is 4.31 Å². The van der Waals surface area contributed by atoms with E-state index in [9.17, 15) is 18.3 Å². The van der Waals surface area contributed by atoms with Gasteiger partial charge in [0.1, 0.15) is 0 Å². The second-order valence-electron chi connectivity index (χ2n) is 5.28. The van der Waals surface area contributed by atoms with Crippen LogP contribution in [0.3, 0.4) is 0 Å². The minimum atomic E-state index is -3.24. The summed E-state index contributed by atoms with van der Waals surface area (Å²) in [5.74, 6) is -1.20. The molecule has 0 aromatic rings. The first kappa shape index (κ1) is 13.8. The summed E-state index contributed by atoms with van der Waals surface area (Å²) >= 11 is 0. The standard InChI is InChI=1S/C12H21NO4S/c14-12(15)10-6-2-1-3-7-11(10)13-8-4-5-9-18(13,16)17/h10-11H,1-9H2,(H,14,15). The van der Waals surface area contributed by atoms with Crippen LogP contribution in [0.25, 0.3) is 0 Å². The molecule has 0 amide bonds. The van der Waals surface area contributed by atoms with Gasteiger partial charge in [0.05, 0.1) is 11.7 Å². The zero-order chi connectivity index (χ0) is 13.2. The number of carboxylic acids is 1. The summed E-state index contributed by atoms with van der Waals surface area (Å²) < 4.78 is 25.7. The summed E-state index contributed by atoms with van der Waals surface area (Å²) in [6.45, 7) is 0.497. The Morgan fingerprint density at radius 2 is 1.78 bits per heavy atom. The van der Waals surface area contributed by atoms with Gasteiger partial charge in [-0.1, -0.05) is 19.3 Å². The Morgan fingerprint density at radius 3 is 2.44 bits per heavy atom. The largest absolute Gasteiger partial charge is 0.481 e. The molecule has 2 rings (SSSR count). The number of hydrogen-bond donors (Lipinski definition) is 1. The molecule has 0 aromatic heterocycles. The number of nitrogens with zero attached hydrogens (tertiary/aromatic N) is 1. The molecule has 0 spiro atoms. The minimum Gasteiger partial charge on any atom is -0.481 e. The van der Waals surface area contributed by atoms with Crippen molar-refractivity contribution in [2.45, 2.75) is 51.0 Å². The van der Waals surface area contributed by atoms with Crippen molar-refractivity contribution < 1.29 is 18.3 Å². The average molecular weight is 275 g/mol. The maximum Gasteiger partial charge on any atom is 0.308 e. The van der Waals surface area contributed by atoms with E-state index in [4.69, 9.17) is 0 Å². The van der Waals surface area contributed by atoms with Crippen molar-refractivity contribution in [2.24, 2.45) is 5.92 Å². The lowest BCUT2D eigenvalue weighted by Gasteiger charge is -2.36. The number of sulfonamides is 1. The fourth-order valence-corrected chi connectivity index (χ4v) is 4.98. The Kier molecular flexibility index (Phi) is 4.27. The Balaban J connectivity index is 2.23. The minimum absolute atomic E-state index is 0.176. The lowest BCUT2D eigenvalue weighted by atomic mass is 9.94. The molecule has 1 aliphatic heterocycles. The molecule has 1 saturated heterocycles. The third-order valence-corrected chi connectivity index (χ3v) is 6.03. The van der Waals surface area contributed by atoms with Crippen LogP contribution in [0.5, 0.6) is 0 Å². The molecule has 2 atom stereocenters. The van der Waals surface area contributed by atoms with Crippen LogP contribution in [0.4, 0.5) is 0 Å². The molecule has 2 fully saturated rings. The molecule has 1 saturated carbocycles. The van der Waals surface area contributed by atoms with E-state index in [1.807, 2.05) is 0 Å². The predicted molar refractivity (Wildman–Crippen MR) is 67.7 cm³/mol. The SMILES string of the molecule is O=C(O)C1CCCCCC1N1CCCCS1(=O)=O. The number of hydrogen-bond acceptors (Lipinski definition) is 3. The highest BCUT2D eigenvalue weighted by molar-refractivity contribution is 7.89. The second-order valence-corrected chi connectivity index (χ2v) is 7.33. The third-order valence-electron chi connectivity index (χ3n) is 4.05. The Bertz CT molecular complexity index is 406. The van der Waals surface area contributed by atoms with Gasteiger partial charge in [0.2, 0.25) is 10.0 Å². The summed E-state index contributed by atoms with van der Waals surface area (Å²) in [5, 5.41) is 9.31. The molecule has 2 unspecified atom stereocenters. The Morgan fingerprint density at radius 1 is 1.06 bits per heavy atom. The van der Waals surface area contributed by atoms with E-state index in [2.05, 4.69) is 0 Å². The molecule has 6 heteroatoms. The molecule has 18 heavy (non-hydrogen) atoms. The van der Waals surface area contributed by atoms with Gasteiger partial charge in [-0.3, -0.25) is 4.79 Å². The van der Waals surface area contributed by atoms with Crippen LogP contribution >= 0.6 is 0 Å². The molecule has 1 aliphatic carbocycles.